The van der Waals surface area contributed by atoms with Crippen molar-refractivity contribution < 1.29 is 28.4 Å². The normalized spacial score (nSPS) is 12.7. The van der Waals surface area contributed by atoms with Crippen molar-refractivity contribution in [1.29, 1.82) is 0 Å². The highest BCUT2D eigenvalue weighted by Crippen LogP contribution is 1.99. The molecule has 0 aliphatic carbocycles. The largest absolute Gasteiger partial charge is 0.382 e. The minimum atomic E-state index is 0.141. The monoisotopic (exact) mass is 336 g/mol. The highest BCUT2D eigenvalue weighted by molar-refractivity contribution is 4.49. The van der Waals surface area contributed by atoms with Gasteiger partial charge in [-0.1, -0.05) is 0 Å². The summed E-state index contributed by atoms with van der Waals surface area (Å²) in [7, 11) is 3.36. The predicted molar refractivity (Wildman–Crippen MR) is 90.1 cm³/mol. The van der Waals surface area contributed by atoms with Crippen LogP contribution in [0.3, 0.4) is 0 Å². The summed E-state index contributed by atoms with van der Waals surface area (Å²) in [4.78, 5) is 0. The SMILES string of the molecule is COCCOCCCCOCC(C)OCCCCOCCOC. The summed E-state index contributed by atoms with van der Waals surface area (Å²) < 4.78 is 31.9. The third-order valence-corrected chi connectivity index (χ3v) is 3.13. The van der Waals surface area contributed by atoms with Crippen molar-refractivity contribution in [3.63, 3.8) is 0 Å². The zero-order valence-corrected chi connectivity index (χ0v) is 15.2. The van der Waals surface area contributed by atoms with Crippen molar-refractivity contribution in [1.82, 2.24) is 0 Å². The van der Waals surface area contributed by atoms with E-state index in [0.29, 0.717) is 33.0 Å². The third-order valence-electron chi connectivity index (χ3n) is 3.13. The molecule has 1 atom stereocenters. The van der Waals surface area contributed by atoms with Crippen molar-refractivity contribution in [2.45, 2.75) is 38.7 Å². The van der Waals surface area contributed by atoms with Gasteiger partial charge in [-0.05, 0) is 32.6 Å². The number of unbranched alkanes of at least 4 members (excludes halogenated alkanes) is 2. The highest BCUT2D eigenvalue weighted by atomic mass is 16.5. The summed E-state index contributed by atoms with van der Waals surface area (Å²) in [6.45, 7) is 8.39. The van der Waals surface area contributed by atoms with E-state index in [1.54, 1.807) is 14.2 Å². The van der Waals surface area contributed by atoms with Gasteiger partial charge in [0, 0.05) is 40.6 Å². The number of methoxy groups -OCH3 is 2. The minimum Gasteiger partial charge on any atom is -0.382 e. The fourth-order valence-corrected chi connectivity index (χ4v) is 1.79. The standard InChI is InChI=1S/C17H36O6/c1-17(23-11-7-6-9-21-15-13-19-3)16-22-10-5-4-8-20-14-12-18-2/h17H,4-16H2,1-3H3. The Bertz CT molecular complexity index is 215. The molecule has 1 unspecified atom stereocenters. The van der Waals surface area contributed by atoms with E-state index in [-0.39, 0.29) is 6.10 Å². The number of hydrogen-bond donors (Lipinski definition) is 0. The maximum absolute atomic E-state index is 5.70. The van der Waals surface area contributed by atoms with Crippen LogP contribution in [0.15, 0.2) is 0 Å². The molecule has 140 valence electrons. The van der Waals surface area contributed by atoms with Gasteiger partial charge in [-0.15, -0.1) is 0 Å². The number of ether oxygens (including phenoxy) is 6. The summed E-state index contributed by atoms with van der Waals surface area (Å²) in [5.41, 5.74) is 0. The predicted octanol–water partition coefficient (Wildman–Crippen LogP) is 2.29. The molecule has 0 rings (SSSR count). The fraction of sp³-hybridized carbons (Fsp3) is 1.00. The van der Waals surface area contributed by atoms with Gasteiger partial charge in [0.25, 0.3) is 0 Å². The summed E-state index contributed by atoms with van der Waals surface area (Å²) in [5, 5.41) is 0. The lowest BCUT2D eigenvalue weighted by Gasteiger charge is -2.13. The second-order valence-electron chi connectivity index (χ2n) is 5.38. The molecular weight excluding hydrogens is 300 g/mol. The molecule has 0 radical (unpaired) electrons. The summed E-state index contributed by atoms with van der Waals surface area (Å²) in [6, 6.07) is 0. The molecule has 0 bridgehead atoms. The van der Waals surface area contributed by atoms with Crippen LogP contribution in [0.5, 0.6) is 0 Å². The Balaban J connectivity index is 3.11. The van der Waals surface area contributed by atoms with Crippen LogP contribution in [0.25, 0.3) is 0 Å². The first kappa shape index (κ1) is 22.8. The average Bonchev–Trinajstić information content (AvgIpc) is 2.56. The van der Waals surface area contributed by atoms with E-state index >= 15 is 0 Å². The van der Waals surface area contributed by atoms with E-state index in [1.165, 1.54) is 0 Å². The van der Waals surface area contributed by atoms with E-state index in [2.05, 4.69) is 0 Å². The van der Waals surface area contributed by atoms with E-state index < -0.39 is 0 Å². The first-order chi connectivity index (χ1) is 11.3. The molecule has 0 aliphatic rings. The van der Waals surface area contributed by atoms with Gasteiger partial charge in [-0.2, -0.15) is 0 Å². The molecule has 0 aromatic rings. The Hall–Kier alpha value is -0.240. The van der Waals surface area contributed by atoms with E-state index in [1.807, 2.05) is 6.92 Å². The molecule has 0 saturated heterocycles. The van der Waals surface area contributed by atoms with Crippen LogP contribution in [0.4, 0.5) is 0 Å². The van der Waals surface area contributed by atoms with Crippen LogP contribution in [0.2, 0.25) is 0 Å². The molecule has 0 amide bonds. The van der Waals surface area contributed by atoms with Gasteiger partial charge in [0.2, 0.25) is 0 Å². The van der Waals surface area contributed by atoms with Gasteiger partial charge in [0.1, 0.15) is 0 Å². The molecule has 0 saturated carbocycles. The van der Waals surface area contributed by atoms with Gasteiger partial charge in [0.05, 0.1) is 39.1 Å². The topological polar surface area (TPSA) is 55.4 Å². The number of hydrogen-bond acceptors (Lipinski definition) is 6. The molecule has 0 N–H and O–H groups in total. The van der Waals surface area contributed by atoms with Crippen molar-refractivity contribution in [3.05, 3.63) is 0 Å². The Morgan fingerprint density at radius 1 is 0.565 bits per heavy atom. The lowest BCUT2D eigenvalue weighted by atomic mass is 10.3. The zero-order valence-electron chi connectivity index (χ0n) is 15.2. The summed E-state index contributed by atoms with van der Waals surface area (Å²) in [6.07, 6.45) is 4.19. The third kappa shape index (κ3) is 19.7. The smallest absolute Gasteiger partial charge is 0.0780 e. The van der Waals surface area contributed by atoms with Crippen molar-refractivity contribution in [2.24, 2.45) is 0 Å². The highest BCUT2D eigenvalue weighted by Gasteiger charge is 2.02. The van der Waals surface area contributed by atoms with Gasteiger partial charge >= 0.3 is 0 Å². The first-order valence-electron chi connectivity index (χ1n) is 8.64. The van der Waals surface area contributed by atoms with E-state index in [4.69, 9.17) is 28.4 Å². The second-order valence-corrected chi connectivity index (χ2v) is 5.38. The molecule has 0 heterocycles. The average molecular weight is 336 g/mol. The van der Waals surface area contributed by atoms with Crippen LogP contribution in [-0.4, -0.2) is 79.8 Å². The lowest BCUT2D eigenvalue weighted by molar-refractivity contribution is -0.0122. The van der Waals surface area contributed by atoms with E-state index in [9.17, 15) is 0 Å². The van der Waals surface area contributed by atoms with Crippen LogP contribution < -0.4 is 0 Å². The van der Waals surface area contributed by atoms with Crippen LogP contribution in [-0.2, 0) is 28.4 Å². The molecule has 6 heteroatoms. The Labute approximate surface area is 141 Å². The molecule has 0 aromatic heterocycles. The quantitative estimate of drug-likeness (QED) is 0.337. The lowest BCUT2D eigenvalue weighted by Crippen LogP contribution is -2.17. The molecular formula is C17H36O6. The summed E-state index contributed by atoms with van der Waals surface area (Å²) >= 11 is 0. The zero-order chi connectivity index (χ0) is 17.0. The Morgan fingerprint density at radius 2 is 1.04 bits per heavy atom. The molecule has 0 aromatic carbocycles. The maximum Gasteiger partial charge on any atom is 0.0780 e. The Kier molecular flexibility index (Phi) is 19.6. The second kappa shape index (κ2) is 19.8. The van der Waals surface area contributed by atoms with Gasteiger partial charge in [-0.25, -0.2) is 0 Å². The minimum absolute atomic E-state index is 0.141. The van der Waals surface area contributed by atoms with Crippen molar-refractivity contribution >= 4 is 0 Å². The van der Waals surface area contributed by atoms with Gasteiger partial charge in [-0.3, -0.25) is 0 Å². The first-order valence-corrected chi connectivity index (χ1v) is 8.64. The molecule has 6 nitrogen and oxygen atoms in total. The van der Waals surface area contributed by atoms with Gasteiger partial charge in [0.15, 0.2) is 0 Å². The van der Waals surface area contributed by atoms with Crippen LogP contribution >= 0.6 is 0 Å². The van der Waals surface area contributed by atoms with Crippen LogP contribution in [0, 0.1) is 0 Å². The van der Waals surface area contributed by atoms with Crippen molar-refractivity contribution in [2.75, 3.05) is 73.7 Å². The number of rotatable bonds is 19. The van der Waals surface area contributed by atoms with E-state index in [0.717, 1.165) is 52.1 Å². The fourth-order valence-electron chi connectivity index (χ4n) is 1.79. The molecule has 23 heavy (non-hydrogen) atoms. The molecule has 0 spiro atoms. The van der Waals surface area contributed by atoms with Gasteiger partial charge < -0.3 is 28.4 Å². The van der Waals surface area contributed by atoms with Crippen LogP contribution in [0.1, 0.15) is 32.6 Å². The molecule has 0 aliphatic heterocycles. The maximum atomic E-state index is 5.70. The van der Waals surface area contributed by atoms with Crippen molar-refractivity contribution in [3.8, 4) is 0 Å². The summed E-state index contributed by atoms with van der Waals surface area (Å²) in [5.74, 6) is 0. The Morgan fingerprint density at radius 3 is 1.57 bits per heavy atom. The molecule has 0 fully saturated rings.